The van der Waals surface area contributed by atoms with Crippen LogP contribution in [0.3, 0.4) is 0 Å². The highest BCUT2D eigenvalue weighted by Gasteiger charge is 2.27. The molecule has 0 aliphatic carbocycles. The van der Waals surface area contributed by atoms with Gasteiger partial charge in [-0.25, -0.2) is 0 Å². The van der Waals surface area contributed by atoms with E-state index in [-0.39, 0.29) is 6.42 Å². The van der Waals surface area contributed by atoms with Crippen molar-refractivity contribution in [3.8, 4) is 5.75 Å². The standard InChI is InChI=1S/C14H21NO3/c1-9-5-10(2)7-11(6-9)18-14(3,4)8-12(15)13(16)17/h5-7,12H,8,15H2,1-4H3,(H,16,17). The average molecular weight is 251 g/mol. The van der Waals surface area contributed by atoms with Crippen LogP contribution < -0.4 is 10.5 Å². The van der Waals surface area contributed by atoms with Crippen molar-refractivity contribution in [1.82, 2.24) is 0 Å². The summed E-state index contributed by atoms with van der Waals surface area (Å²) >= 11 is 0. The quantitative estimate of drug-likeness (QED) is 0.842. The first-order valence-electron chi connectivity index (χ1n) is 5.95. The Bertz CT molecular complexity index is 420. The Kier molecular flexibility index (Phi) is 4.35. The second kappa shape index (κ2) is 5.40. The molecular formula is C14H21NO3. The van der Waals surface area contributed by atoms with Crippen LogP contribution in [0.15, 0.2) is 18.2 Å². The fourth-order valence-corrected chi connectivity index (χ4v) is 1.97. The number of carbonyl (C=O) groups is 1. The van der Waals surface area contributed by atoms with Gasteiger partial charge in [-0.3, -0.25) is 4.79 Å². The number of benzene rings is 1. The van der Waals surface area contributed by atoms with E-state index in [1.54, 1.807) is 0 Å². The van der Waals surface area contributed by atoms with Gasteiger partial charge >= 0.3 is 5.97 Å². The molecular weight excluding hydrogens is 230 g/mol. The molecule has 0 aromatic heterocycles. The molecule has 0 saturated carbocycles. The maximum Gasteiger partial charge on any atom is 0.320 e. The van der Waals surface area contributed by atoms with E-state index < -0.39 is 17.6 Å². The van der Waals surface area contributed by atoms with Gasteiger partial charge in [-0.05, 0) is 51.0 Å². The second-order valence-electron chi connectivity index (χ2n) is 5.33. The van der Waals surface area contributed by atoms with Crippen LogP contribution in [0.25, 0.3) is 0 Å². The number of ether oxygens (including phenoxy) is 1. The topological polar surface area (TPSA) is 72.5 Å². The molecule has 0 fully saturated rings. The molecule has 3 N–H and O–H groups in total. The van der Waals surface area contributed by atoms with Crippen LogP contribution in [0.5, 0.6) is 5.75 Å². The zero-order valence-corrected chi connectivity index (χ0v) is 11.4. The van der Waals surface area contributed by atoms with Gasteiger partial charge in [0.05, 0.1) is 0 Å². The number of nitrogens with two attached hydrogens (primary N) is 1. The van der Waals surface area contributed by atoms with Crippen molar-refractivity contribution in [2.75, 3.05) is 0 Å². The summed E-state index contributed by atoms with van der Waals surface area (Å²) < 4.78 is 5.84. The van der Waals surface area contributed by atoms with E-state index in [4.69, 9.17) is 15.6 Å². The van der Waals surface area contributed by atoms with Crippen molar-refractivity contribution in [1.29, 1.82) is 0 Å². The van der Waals surface area contributed by atoms with E-state index in [2.05, 4.69) is 6.07 Å². The lowest BCUT2D eigenvalue weighted by molar-refractivity contribution is -0.139. The molecule has 1 rings (SSSR count). The fourth-order valence-electron chi connectivity index (χ4n) is 1.97. The number of carboxylic acid groups (broad SMARTS) is 1. The Morgan fingerprint density at radius 2 is 1.83 bits per heavy atom. The summed E-state index contributed by atoms with van der Waals surface area (Å²) in [6, 6.07) is 5.01. The van der Waals surface area contributed by atoms with Gasteiger partial charge in [-0.1, -0.05) is 6.07 Å². The lowest BCUT2D eigenvalue weighted by Crippen LogP contribution is -2.41. The maximum atomic E-state index is 10.8. The highest BCUT2D eigenvalue weighted by molar-refractivity contribution is 5.73. The Hall–Kier alpha value is -1.55. The molecule has 0 amide bonds. The molecule has 4 heteroatoms. The SMILES string of the molecule is Cc1cc(C)cc(OC(C)(C)CC(N)C(=O)O)c1. The Labute approximate surface area is 108 Å². The van der Waals surface area contributed by atoms with Crippen LogP contribution in [-0.2, 0) is 4.79 Å². The summed E-state index contributed by atoms with van der Waals surface area (Å²) in [5, 5.41) is 8.82. The number of aryl methyl sites for hydroxylation is 2. The third-order valence-electron chi connectivity index (χ3n) is 2.62. The van der Waals surface area contributed by atoms with E-state index in [0.29, 0.717) is 0 Å². The van der Waals surface area contributed by atoms with E-state index in [1.165, 1.54) is 0 Å². The van der Waals surface area contributed by atoms with Crippen molar-refractivity contribution in [2.45, 2.75) is 45.8 Å². The van der Waals surface area contributed by atoms with Crippen molar-refractivity contribution in [3.63, 3.8) is 0 Å². The van der Waals surface area contributed by atoms with Crippen molar-refractivity contribution >= 4 is 5.97 Å². The van der Waals surface area contributed by atoms with Gasteiger partial charge in [0.25, 0.3) is 0 Å². The number of hydrogen-bond donors (Lipinski definition) is 2. The molecule has 18 heavy (non-hydrogen) atoms. The van der Waals surface area contributed by atoms with Gasteiger partial charge in [0.1, 0.15) is 17.4 Å². The van der Waals surface area contributed by atoms with Gasteiger partial charge in [0.15, 0.2) is 0 Å². The zero-order valence-electron chi connectivity index (χ0n) is 11.4. The van der Waals surface area contributed by atoms with Crippen LogP contribution in [0, 0.1) is 13.8 Å². The minimum atomic E-state index is -1.01. The van der Waals surface area contributed by atoms with Crippen LogP contribution in [-0.4, -0.2) is 22.7 Å². The summed E-state index contributed by atoms with van der Waals surface area (Å²) in [6.45, 7) is 7.67. The van der Waals surface area contributed by atoms with Gasteiger partial charge in [0.2, 0.25) is 0 Å². The third kappa shape index (κ3) is 4.37. The zero-order chi connectivity index (χ0) is 13.9. The van der Waals surface area contributed by atoms with E-state index in [1.807, 2.05) is 39.8 Å². The van der Waals surface area contributed by atoms with E-state index in [9.17, 15) is 4.79 Å². The van der Waals surface area contributed by atoms with Crippen molar-refractivity contribution < 1.29 is 14.6 Å². The molecule has 1 atom stereocenters. The molecule has 1 unspecified atom stereocenters. The predicted molar refractivity (Wildman–Crippen MR) is 70.9 cm³/mol. The number of rotatable bonds is 5. The summed E-state index contributed by atoms with van der Waals surface area (Å²) in [5.41, 5.74) is 7.15. The van der Waals surface area contributed by atoms with E-state index >= 15 is 0 Å². The first-order chi connectivity index (χ1) is 8.19. The van der Waals surface area contributed by atoms with Crippen LogP contribution >= 0.6 is 0 Å². The maximum absolute atomic E-state index is 10.8. The normalized spacial score (nSPS) is 13.2. The largest absolute Gasteiger partial charge is 0.488 e. The van der Waals surface area contributed by atoms with Crippen molar-refractivity contribution in [2.24, 2.45) is 5.73 Å². The van der Waals surface area contributed by atoms with Gasteiger partial charge in [-0.2, -0.15) is 0 Å². The van der Waals surface area contributed by atoms with Gasteiger partial charge in [-0.15, -0.1) is 0 Å². The Morgan fingerprint density at radius 3 is 2.28 bits per heavy atom. The molecule has 0 spiro atoms. The molecule has 0 radical (unpaired) electrons. The lowest BCUT2D eigenvalue weighted by Gasteiger charge is -2.28. The summed E-state index contributed by atoms with van der Waals surface area (Å²) in [5.74, 6) is -0.262. The highest BCUT2D eigenvalue weighted by Crippen LogP contribution is 2.24. The fraction of sp³-hybridized carbons (Fsp3) is 0.500. The molecule has 1 aromatic carbocycles. The molecule has 0 aliphatic rings. The Balaban J connectivity index is 2.78. The number of hydrogen-bond acceptors (Lipinski definition) is 3. The Morgan fingerprint density at radius 1 is 1.33 bits per heavy atom. The summed E-state index contributed by atoms with van der Waals surface area (Å²) in [7, 11) is 0. The average Bonchev–Trinajstić information content (AvgIpc) is 2.13. The smallest absolute Gasteiger partial charge is 0.320 e. The molecule has 100 valence electrons. The molecule has 0 aliphatic heterocycles. The monoisotopic (exact) mass is 251 g/mol. The molecule has 1 aromatic rings. The predicted octanol–water partition coefficient (Wildman–Crippen LogP) is 2.26. The lowest BCUT2D eigenvalue weighted by atomic mass is 9.99. The van der Waals surface area contributed by atoms with Crippen molar-refractivity contribution in [3.05, 3.63) is 29.3 Å². The summed E-state index contributed by atoms with van der Waals surface area (Å²) in [6.07, 6.45) is 0.259. The number of aliphatic carboxylic acids is 1. The van der Waals surface area contributed by atoms with Crippen LogP contribution in [0.1, 0.15) is 31.4 Å². The third-order valence-corrected chi connectivity index (χ3v) is 2.62. The van der Waals surface area contributed by atoms with Crippen LogP contribution in [0.2, 0.25) is 0 Å². The summed E-state index contributed by atoms with van der Waals surface area (Å²) in [4.78, 5) is 10.8. The van der Waals surface area contributed by atoms with Gasteiger partial charge in [0, 0.05) is 6.42 Å². The number of carboxylic acids is 1. The minimum absolute atomic E-state index is 0.259. The first-order valence-corrected chi connectivity index (χ1v) is 5.95. The molecule has 0 heterocycles. The van der Waals surface area contributed by atoms with Crippen LogP contribution in [0.4, 0.5) is 0 Å². The second-order valence-corrected chi connectivity index (χ2v) is 5.33. The van der Waals surface area contributed by atoms with E-state index in [0.717, 1.165) is 16.9 Å². The molecule has 4 nitrogen and oxygen atoms in total. The van der Waals surface area contributed by atoms with Gasteiger partial charge < -0.3 is 15.6 Å². The highest BCUT2D eigenvalue weighted by atomic mass is 16.5. The minimum Gasteiger partial charge on any atom is -0.488 e. The molecule has 0 saturated heterocycles. The first kappa shape index (κ1) is 14.5. The molecule has 0 bridgehead atoms.